The van der Waals surface area contributed by atoms with Crippen molar-refractivity contribution in [3.8, 4) is 6.07 Å². The van der Waals surface area contributed by atoms with E-state index in [2.05, 4.69) is 14.9 Å². The highest BCUT2D eigenvalue weighted by Gasteiger charge is 2.38. The fourth-order valence-electron chi connectivity index (χ4n) is 5.11. The molecule has 11 heteroatoms. The number of hydrogen-bond donors (Lipinski definition) is 0. The van der Waals surface area contributed by atoms with Crippen LogP contribution < -0.4 is 10.6 Å². The van der Waals surface area contributed by atoms with Crippen LogP contribution in [0.5, 0.6) is 0 Å². The number of pyridine rings is 1. The number of fused-ring (bicyclic) bond motifs is 1. The molecule has 1 fully saturated rings. The lowest BCUT2D eigenvalue weighted by atomic mass is 9.96. The molecule has 4 rings (SSSR count). The molecule has 1 aromatic carbocycles. The molecule has 2 aromatic heterocycles. The molecule has 7 nitrogen and oxygen atoms in total. The van der Waals surface area contributed by atoms with E-state index in [0.717, 1.165) is 6.07 Å². The van der Waals surface area contributed by atoms with E-state index in [1.54, 1.807) is 26.1 Å². The molecule has 1 aliphatic rings. The minimum absolute atomic E-state index is 0.0976. The number of benzene rings is 1. The van der Waals surface area contributed by atoms with Crippen molar-refractivity contribution >= 4 is 16.9 Å². The summed E-state index contributed by atoms with van der Waals surface area (Å²) < 4.78 is 55.4. The second-order valence-electron chi connectivity index (χ2n) is 9.34. The summed E-state index contributed by atoms with van der Waals surface area (Å²) in [5.41, 5.74) is -0.0487. The predicted molar refractivity (Wildman–Crippen MR) is 132 cm³/mol. The molecule has 1 saturated heterocycles. The largest absolute Gasteiger partial charge is 0.416 e. The average molecular weight is 517 g/mol. The zero-order valence-electron chi connectivity index (χ0n) is 21.1. The molecule has 3 aromatic rings. The molecule has 37 heavy (non-hydrogen) atoms. The lowest BCUT2D eigenvalue weighted by Gasteiger charge is -2.49. The summed E-state index contributed by atoms with van der Waals surface area (Å²) in [6.07, 6.45) is -3.26. The molecule has 196 valence electrons. The van der Waals surface area contributed by atoms with E-state index in [-0.39, 0.29) is 23.3 Å². The van der Waals surface area contributed by atoms with Crippen LogP contribution in [0.25, 0.3) is 11.0 Å². The molecule has 0 amide bonds. The number of alkyl halides is 3. The van der Waals surface area contributed by atoms with Gasteiger partial charge in [0, 0.05) is 43.8 Å². The second-order valence-corrected chi connectivity index (χ2v) is 9.34. The SMILES string of the molecule is CC[C@H]1CN(C(C)c2ccc(C(F)(F)F)cc2F)[C@H](CC)CN1c1nc(=O)n(C)c2ccc(C#N)nc12. The van der Waals surface area contributed by atoms with E-state index in [1.807, 2.05) is 24.8 Å². The Morgan fingerprint density at radius 3 is 2.41 bits per heavy atom. The summed E-state index contributed by atoms with van der Waals surface area (Å²) in [6.45, 7) is 6.70. The Morgan fingerprint density at radius 2 is 1.81 bits per heavy atom. The maximum absolute atomic E-state index is 14.8. The van der Waals surface area contributed by atoms with Crippen LogP contribution in [-0.2, 0) is 13.2 Å². The third-order valence-corrected chi connectivity index (χ3v) is 7.28. The molecule has 0 radical (unpaired) electrons. The van der Waals surface area contributed by atoms with Gasteiger partial charge in [0.15, 0.2) is 5.82 Å². The Morgan fingerprint density at radius 1 is 1.11 bits per heavy atom. The van der Waals surface area contributed by atoms with Gasteiger partial charge in [0.05, 0.1) is 11.1 Å². The number of nitriles is 1. The van der Waals surface area contributed by atoms with Gasteiger partial charge in [0.2, 0.25) is 0 Å². The van der Waals surface area contributed by atoms with E-state index < -0.39 is 29.3 Å². The van der Waals surface area contributed by atoms with Crippen molar-refractivity contribution < 1.29 is 17.6 Å². The monoisotopic (exact) mass is 516 g/mol. The third kappa shape index (κ3) is 4.90. The predicted octanol–water partition coefficient (Wildman–Crippen LogP) is 4.80. The molecular weight excluding hydrogens is 488 g/mol. The second kappa shape index (κ2) is 10.1. The average Bonchev–Trinajstić information content (AvgIpc) is 2.88. The third-order valence-electron chi connectivity index (χ3n) is 7.28. The maximum Gasteiger partial charge on any atom is 0.416 e. The van der Waals surface area contributed by atoms with Crippen molar-refractivity contribution in [2.24, 2.45) is 7.05 Å². The zero-order chi connectivity index (χ0) is 27.1. The maximum atomic E-state index is 14.8. The lowest BCUT2D eigenvalue weighted by Crippen LogP contribution is -2.59. The first-order valence-electron chi connectivity index (χ1n) is 12.2. The van der Waals surface area contributed by atoms with Crippen molar-refractivity contribution in [3.63, 3.8) is 0 Å². The number of aryl methyl sites for hydroxylation is 1. The van der Waals surface area contributed by atoms with Crippen LogP contribution in [0.15, 0.2) is 35.1 Å². The van der Waals surface area contributed by atoms with Gasteiger partial charge in [-0.2, -0.15) is 23.4 Å². The van der Waals surface area contributed by atoms with Gasteiger partial charge in [-0.25, -0.2) is 14.2 Å². The molecule has 1 unspecified atom stereocenters. The number of piperazine rings is 1. The smallest absolute Gasteiger partial charge is 0.349 e. The van der Waals surface area contributed by atoms with Crippen LogP contribution >= 0.6 is 0 Å². The van der Waals surface area contributed by atoms with E-state index in [1.165, 1.54) is 10.6 Å². The number of anilines is 1. The van der Waals surface area contributed by atoms with Crippen molar-refractivity contribution in [2.45, 2.75) is 57.9 Å². The molecule has 0 N–H and O–H groups in total. The fraction of sp³-hybridized carbons (Fsp3) is 0.462. The molecule has 0 saturated carbocycles. The first-order chi connectivity index (χ1) is 17.5. The summed E-state index contributed by atoms with van der Waals surface area (Å²) >= 11 is 0. The molecule has 0 spiro atoms. The molecule has 3 atom stereocenters. The summed E-state index contributed by atoms with van der Waals surface area (Å²) in [5, 5.41) is 9.37. The van der Waals surface area contributed by atoms with E-state index in [0.29, 0.717) is 48.8 Å². The summed E-state index contributed by atoms with van der Waals surface area (Å²) in [4.78, 5) is 25.6. The molecule has 1 aliphatic heterocycles. The first-order valence-corrected chi connectivity index (χ1v) is 12.2. The van der Waals surface area contributed by atoms with E-state index >= 15 is 0 Å². The van der Waals surface area contributed by atoms with Gasteiger partial charge in [-0.05, 0) is 44.0 Å². The highest BCUT2D eigenvalue weighted by molar-refractivity contribution is 5.86. The van der Waals surface area contributed by atoms with Gasteiger partial charge in [-0.3, -0.25) is 9.47 Å². The topological polar surface area (TPSA) is 78.0 Å². The summed E-state index contributed by atoms with van der Waals surface area (Å²) in [6, 6.07) is 7.24. The first kappa shape index (κ1) is 26.5. The van der Waals surface area contributed by atoms with E-state index in [9.17, 15) is 27.6 Å². The molecular formula is C26H28F4N6O. The Bertz CT molecular complexity index is 1410. The van der Waals surface area contributed by atoms with Crippen LogP contribution in [0.1, 0.15) is 56.5 Å². The Kier molecular flexibility index (Phi) is 7.24. The number of nitrogens with zero attached hydrogens (tertiary/aromatic N) is 6. The number of hydrogen-bond acceptors (Lipinski definition) is 6. The fourth-order valence-corrected chi connectivity index (χ4v) is 5.11. The van der Waals surface area contributed by atoms with Gasteiger partial charge in [-0.15, -0.1) is 0 Å². The van der Waals surface area contributed by atoms with Crippen LogP contribution in [0.2, 0.25) is 0 Å². The summed E-state index contributed by atoms with van der Waals surface area (Å²) in [5.74, 6) is -0.492. The highest BCUT2D eigenvalue weighted by atomic mass is 19.4. The van der Waals surface area contributed by atoms with Gasteiger partial charge >= 0.3 is 11.9 Å². The van der Waals surface area contributed by atoms with Gasteiger partial charge in [0.1, 0.15) is 23.1 Å². The molecule has 3 heterocycles. The molecule has 0 bridgehead atoms. The zero-order valence-corrected chi connectivity index (χ0v) is 21.1. The van der Waals surface area contributed by atoms with E-state index in [4.69, 9.17) is 0 Å². The Labute approximate surface area is 212 Å². The van der Waals surface area contributed by atoms with Gasteiger partial charge < -0.3 is 4.90 Å². The minimum Gasteiger partial charge on any atom is -0.349 e. The van der Waals surface area contributed by atoms with Crippen LogP contribution in [0.3, 0.4) is 0 Å². The van der Waals surface area contributed by atoms with Gasteiger partial charge in [-0.1, -0.05) is 19.9 Å². The normalized spacial score (nSPS) is 19.7. The summed E-state index contributed by atoms with van der Waals surface area (Å²) in [7, 11) is 1.60. The quantitative estimate of drug-likeness (QED) is 0.454. The Hall–Kier alpha value is -3.52. The highest BCUT2D eigenvalue weighted by Crippen LogP contribution is 2.36. The minimum atomic E-state index is -4.62. The lowest BCUT2D eigenvalue weighted by molar-refractivity contribution is -0.137. The number of halogens is 4. The number of aromatic nitrogens is 3. The number of rotatable bonds is 5. The standard InChI is InChI=1S/C26H28F4N6O/c1-5-18-14-36(24-23-22(34(4)25(37)33-24)10-8-17(12-31)32-23)19(6-2)13-35(18)15(3)20-9-7-16(11-21(20)27)26(28,29)30/h7-11,15,18-19H,5-6,13-14H2,1-4H3/t15?,18-,19+/m1/s1. The van der Waals surface area contributed by atoms with Crippen LogP contribution in [-0.4, -0.2) is 44.6 Å². The molecule has 0 aliphatic carbocycles. The van der Waals surface area contributed by atoms with Crippen molar-refractivity contribution in [2.75, 3.05) is 18.0 Å². The van der Waals surface area contributed by atoms with Crippen LogP contribution in [0, 0.1) is 17.1 Å². The Balaban J connectivity index is 1.73. The van der Waals surface area contributed by atoms with Crippen molar-refractivity contribution in [1.82, 2.24) is 19.4 Å². The van der Waals surface area contributed by atoms with Crippen molar-refractivity contribution in [3.05, 3.63) is 63.5 Å². The van der Waals surface area contributed by atoms with Crippen LogP contribution in [0.4, 0.5) is 23.4 Å². The van der Waals surface area contributed by atoms with Gasteiger partial charge in [0.25, 0.3) is 0 Å². The van der Waals surface area contributed by atoms with Crippen molar-refractivity contribution in [1.29, 1.82) is 5.26 Å².